The van der Waals surface area contributed by atoms with Crippen LogP contribution in [0.5, 0.6) is 0 Å². The monoisotopic (exact) mass is 397 g/mol. The number of rotatable bonds is 8. The fourth-order valence-electron chi connectivity index (χ4n) is 2.51. The molecule has 0 radical (unpaired) electrons. The first kappa shape index (κ1) is 20.8. The number of carbonyl (C=O) groups is 1. The van der Waals surface area contributed by atoms with Crippen LogP contribution in [0.4, 0.5) is 14.5 Å². The van der Waals surface area contributed by atoms with Gasteiger partial charge in [-0.15, -0.1) is 0 Å². The maximum Gasteiger partial charge on any atom is 0.232 e. The van der Waals surface area contributed by atoms with Gasteiger partial charge in [-0.05, 0) is 36.2 Å². The fourth-order valence-corrected chi connectivity index (χ4v) is 3.44. The van der Waals surface area contributed by atoms with Crippen LogP contribution in [0.2, 0.25) is 0 Å². The van der Waals surface area contributed by atoms with E-state index >= 15 is 0 Å². The summed E-state index contributed by atoms with van der Waals surface area (Å²) in [6.07, 6.45) is 4.74. The predicted molar refractivity (Wildman–Crippen MR) is 98.7 cm³/mol. The number of likely N-dealkylation sites (N-methyl/N-ethyl adjacent to an activating group) is 1. The van der Waals surface area contributed by atoms with Crippen LogP contribution < -0.4 is 4.31 Å². The average Bonchev–Trinajstić information content (AvgIpc) is 2.61. The first-order chi connectivity index (χ1) is 12.7. The Hall–Kier alpha value is -2.55. The number of carbonyl (C=O) groups excluding carboxylic acids is 1. The number of hydrogen-bond acceptors (Lipinski definition) is 4. The normalized spacial score (nSPS) is 11.3. The highest BCUT2D eigenvalue weighted by Crippen LogP contribution is 2.23. The van der Waals surface area contributed by atoms with Crippen LogP contribution in [0.3, 0.4) is 0 Å². The Balaban J connectivity index is 2.00. The molecule has 2 rings (SSSR count). The van der Waals surface area contributed by atoms with Crippen molar-refractivity contribution < 1.29 is 22.0 Å². The Morgan fingerprint density at radius 2 is 1.78 bits per heavy atom. The number of nitrogens with zero attached hydrogens (tertiary/aromatic N) is 3. The molecule has 0 atom stereocenters. The zero-order valence-corrected chi connectivity index (χ0v) is 15.9. The molecule has 0 aliphatic rings. The highest BCUT2D eigenvalue weighted by Gasteiger charge is 2.22. The number of sulfonamides is 1. The molecule has 1 aromatic heterocycles. The lowest BCUT2D eigenvalue weighted by molar-refractivity contribution is -0.129. The van der Waals surface area contributed by atoms with Crippen molar-refractivity contribution in [2.45, 2.75) is 12.8 Å². The second-order valence-corrected chi connectivity index (χ2v) is 8.01. The molecule has 1 heterocycles. The molecule has 0 N–H and O–H groups in total. The topological polar surface area (TPSA) is 70.6 Å². The van der Waals surface area contributed by atoms with Crippen LogP contribution in [0.25, 0.3) is 0 Å². The van der Waals surface area contributed by atoms with Gasteiger partial charge in [0.25, 0.3) is 0 Å². The van der Waals surface area contributed by atoms with Gasteiger partial charge in [0, 0.05) is 45.0 Å². The molecule has 0 unspecified atom stereocenters. The number of aromatic nitrogens is 1. The lowest BCUT2D eigenvalue weighted by Crippen LogP contribution is -2.36. The summed E-state index contributed by atoms with van der Waals surface area (Å²) in [7, 11) is -2.22. The minimum atomic E-state index is -3.84. The van der Waals surface area contributed by atoms with Crippen molar-refractivity contribution in [3.63, 3.8) is 0 Å². The van der Waals surface area contributed by atoms with E-state index in [1.54, 1.807) is 19.4 Å². The zero-order chi connectivity index (χ0) is 20.0. The second-order valence-electron chi connectivity index (χ2n) is 6.10. The Bertz CT molecular complexity index is 892. The Kier molecular flexibility index (Phi) is 6.84. The third-order valence-electron chi connectivity index (χ3n) is 4.02. The molecular weight excluding hydrogens is 376 g/mol. The summed E-state index contributed by atoms with van der Waals surface area (Å²) in [4.78, 5) is 17.7. The van der Waals surface area contributed by atoms with Crippen LogP contribution in [0.15, 0.2) is 42.7 Å². The number of hydrogen-bond donors (Lipinski definition) is 0. The van der Waals surface area contributed by atoms with Gasteiger partial charge in [0.15, 0.2) is 0 Å². The molecule has 1 amide bonds. The van der Waals surface area contributed by atoms with E-state index in [1.807, 2.05) is 12.1 Å². The van der Waals surface area contributed by atoms with Gasteiger partial charge in [-0.3, -0.25) is 14.1 Å². The van der Waals surface area contributed by atoms with Crippen molar-refractivity contribution in [3.8, 4) is 0 Å². The lowest BCUT2D eigenvalue weighted by atomic mass is 10.2. The van der Waals surface area contributed by atoms with Crippen molar-refractivity contribution >= 4 is 21.6 Å². The van der Waals surface area contributed by atoms with Crippen molar-refractivity contribution in [2.24, 2.45) is 0 Å². The molecule has 0 spiro atoms. The van der Waals surface area contributed by atoms with Gasteiger partial charge < -0.3 is 4.90 Å². The third kappa shape index (κ3) is 5.99. The van der Waals surface area contributed by atoms with E-state index in [0.29, 0.717) is 19.0 Å². The second kappa shape index (κ2) is 8.90. The van der Waals surface area contributed by atoms with E-state index in [0.717, 1.165) is 28.3 Å². The summed E-state index contributed by atoms with van der Waals surface area (Å²) >= 11 is 0. The Morgan fingerprint density at radius 1 is 1.11 bits per heavy atom. The molecule has 6 nitrogen and oxygen atoms in total. The number of anilines is 1. The molecule has 0 fully saturated rings. The van der Waals surface area contributed by atoms with E-state index in [9.17, 15) is 22.0 Å². The van der Waals surface area contributed by atoms with E-state index in [2.05, 4.69) is 4.98 Å². The minimum Gasteiger partial charge on any atom is -0.345 e. The molecule has 1 aromatic carbocycles. The summed E-state index contributed by atoms with van der Waals surface area (Å²) in [5.41, 5.74) is 0.738. The largest absolute Gasteiger partial charge is 0.345 e. The summed E-state index contributed by atoms with van der Waals surface area (Å²) < 4.78 is 51.8. The van der Waals surface area contributed by atoms with Crippen LogP contribution in [-0.2, 0) is 21.2 Å². The number of benzene rings is 1. The van der Waals surface area contributed by atoms with Crippen molar-refractivity contribution in [3.05, 3.63) is 59.9 Å². The van der Waals surface area contributed by atoms with Crippen LogP contribution >= 0.6 is 0 Å². The Morgan fingerprint density at radius 3 is 2.37 bits per heavy atom. The molecule has 0 saturated carbocycles. The van der Waals surface area contributed by atoms with Crippen LogP contribution in [0, 0.1) is 11.6 Å². The molecule has 0 aliphatic heterocycles. The molecule has 9 heteroatoms. The number of amides is 1. The number of halogens is 2. The van der Waals surface area contributed by atoms with E-state index in [1.165, 1.54) is 4.90 Å². The predicted octanol–water partition coefficient (Wildman–Crippen LogP) is 2.22. The maximum atomic E-state index is 14.0. The minimum absolute atomic E-state index is 0.128. The molecule has 27 heavy (non-hydrogen) atoms. The van der Waals surface area contributed by atoms with E-state index in [-0.39, 0.29) is 24.6 Å². The first-order valence-electron chi connectivity index (χ1n) is 8.24. The van der Waals surface area contributed by atoms with Gasteiger partial charge in [0.1, 0.15) is 11.6 Å². The van der Waals surface area contributed by atoms with Gasteiger partial charge >= 0.3 is 0 Å². The molecular formula is C18H21F2N3O3S. The molecule has 0 aliphatic carbocycles. The van der Waals surface area contributed by atoms with Crippen LogP contribution in [0.1, 0.15) is 12.0 Å². The van der Waals surface area contributed by atoms with Crippen molar-refractivity contribution in [2.75, 3.05) is 30.7 Å². The zero-order valence-electron chi connectivity index (χ0n) is 15.1. The summed E-state index contributed by atoms with van der Waals surface area (Å²) in [6.45, 7) is 0.215. The quantitative estimate of drug-likeness (QED) is 0.685. The molecule has 2 aromatic rings. The number of pyridine rings is 1. The highest BCUT2D eigenvalue weighted by molar-refractivity contribution is 7.92. The molecule has 0 bridgehead atoms. The van der Waals surface area contributed by atoms with Crippen molar-refractivity contribution in [1.29, 1.82) is 0 Å². The molecule has 146 valence electrons. The van der Waals surface area contributed by atoms with Gasteiger partial charge in [0.05, 0.1) is 11.9 Å². The fraction of sp³-hybridized carbons (Fsp3) is 0.333. The smallest absolute Gasteiger partial charge is 0.232 e. The Labute approximate surface area is 157 Å². The highest BCUT2D eigenvalue weighted by atomic mass is 32.2. The van der Waals surface area contributed by atoms with Gasteiger partial charge in [-0.25, -0.2) is 17.2 Å². The third-order valence-corrected chi connectivity index (χ3v) is 5.20. The van der Waals surface area contributed by atoms with Gasteiger partial charge in [-0.1, -0.05) is 0 Å². The molecule has 0 saturated heterocycles. The standard InChI is InChI=1S/C18H21F2N3O3S/c1-22(11-7-14-5-9-21-10-6-14)18(24)8-12-23(27(2,25)26)17-4-3-15(19)13-16(17)20/h3-6,9-10,13H,7-8,11-12H2,1-2H3. The van der Waals surface area contributed by atoms with E-state index in [4.69, 9.17) is 0 Å². The summed E-state index contributed by atoms with van der Waals surface area (Å²) in [5.74, 6) is -2.09. The maximum absolute atomic E-state index is 14.0. The van der Waals surface area contributed by atoms with Crippen LogP contribution in [-0.4, -0.2) is 50.6 Å². The van der Waals surface area contributed by atoms with Gasteiger partial charge in [-0.2, -0.15) is 0 Å². The lowest BCUT2D eigenvalue weighted by Gasteiger charge is -2.24. The first-order valence-corrected chi connectivity index (χ1v) is 10.1. The summed E-state index contributed by atoms with van der Waals surface area (Å²) in [5, 5.41) is 0. The van der Waals surface area contributed by atoms with Crippen molar-refractivity contribution in [1.82, 2.24) is 9.88 Å². The van der Waals surface area contributed by atoms with E-state index < -0.39 is 21.7 Å². The SMILES string of the molecule is CN(CCc1ccncc1)C(=O)CCN(c1ccc(F)cc1F)S(C)(=O)=O. The van der Waals surface area contributed by atoms with Gasteiger partial charge in [0.2, 0.25) is 15.9 Å². The summed E-state index contributed by atoms with van der Waals surface area (Å²) in [6, 6.07) is 6.32. The average molecular weight is 397 g/mol.